The highest BCUT2D eigenvalue weighted by molar-refractivity contribution is 5.88. The van der Waals surface area contributed by atoms with E-state index < -0.39 is 0 Å². The van der Waals surface area contributed by atoms with Crippen molar-refractivity contribution in [2.24, 2.45) is 5.10 Å². The molecule has 0 bridgehead atoms. The van der Waals surface area contributed by atoms with Crippen LogP contribution in [0.15, 0.2) is 5.10 Å². The van der Waals surface area contributed by atoms with Crippen molar-refractivity contribution in [3.8, 4) is 0 Å². The van der Waals surface area contributed by atoms with Gasteiger partial charge in [0, 0.05) is 13.5 Å². The van der Waals surface area contributed by atoms with Gasteiger partial charge in [0.25, 0.3) is 0 Å². The molecule has 11 heavy (non-hydrogen) atoms. The van der Waals surface area contributed by atoms with Crippen LogP contribution in [0, 0.1) is 0 Å². The van der Waals surface area contributed by atoms with Gasteiger partial charge < -0.3 is 10.1 Å². The third-order valence-electron chi connectivity index (χ3n) is 1.35. The maximum atomic E-state index is 10.6. The average molecular weight is 157 g/mol. The molecule has 0 aromatic rings. The molecule has 0 saturated carbocycles. The van der Waals surface area contributed by atoms with E-state index in [2.05, 4.69) is 15.8 Å². The van der Waals surface area contributed by atoms with Crippen LogP contribution in [-0.4, -0.2) is 32.0 Å². The highest BCUT2D eigenvalue weighted by Crippen LogP contribution is 1.97. The number of hydrogen-bond acceptors (Lipinski definition) is 3. The summed E-state index contributed by atoms with van der Waals surface area (Å²) in [4.78, 5) is 10.6. The number of ether oxygens (including phenoxy) is 1. The normalized spacial score (nSPS) is 20.3. The van der Waals surface area contributed by atoms with Crippen molar-refractivity contribution in [2.75, 3.05) is 20.3 Å². The lowest BCUT2D eigenvalue weighted by Gasteiger charge is -1.97. The standard InChI is InChI=1S/C6H11N3O2/c1-7-6(10)9-8-5-2-3-11-4-5/h2-4H2,1H3,(H2,7,9,10)/b8-5-. The summed E-state index contributed by atoms with van der Waals surface area (Å²) in [7, 11) is 1.54. The van der Waals surface area contributed by atoms with Crippen molar-refractivity contribution >= 4 is 11.7 Å². The first-order chi connectivity index (χ1) is 5.33. The van der Waals surface area contributed by atoms with Crippen LogP contribution in [0.3, 0.4) is 0 Å². The Kier molecular flexibility index (Phi) is 2.85. The quantitative estimate of drug-likeness (QED) is 0.513. The molecule has 5 nitrogen and oxygen atoms in total. The second-order valence-corrected chi connectivity index (χ2v) is 2.17. The zero-order valence-electron chi connectivity index (χ0n) is 6.39. The molecule has 0 radical (unpaired) electrons. The van der Waals surface area contributed by atoms with Gasteiger partial charge in [-0.2, -0.15) is 5.10 Å². The van der Waals surface area contributed by atoms with E-state index in [0.29, 0.717) is 13.2 Å². The third kappa shape index (κ3) is 2.55. The predicted molar refractivity (Wildman–Crippen MR) is 40.5 cm³/mol. The van der Waals surface area contributed by atoms with Gasteiger partial charge in [-0.15, -0.1) is 0 Å². The minimum Gasteiger partial charge on any atom is -0.375 e. The van der Waals surface area contributed by atoms with E-state index in [1.807, 2.05) is 0 Å². The topological polar surface area (TPSA) is 62.7 Å². The number of nitrogens with zero attached hydrogens (tertiary/aromatic N) is 1. The molecule has 1 heterocycles. The van der Waals surface area contributed by atoms with Gasteiger partial charge >= 0.3 is 6.03 Å². The molecular weight excluding hydrogens is 146 g/mol. The van der Waals surface area contributed by atoms with Crippen molar-refractivity contribution in [2.45, 2.75) is 6.42 Å². The van der Waals surface area contributed by atoms with Crippen LogP contribution in [0.2, 0.25) is 0 Å². The summed E-state index contributed by atoms with van der Waals surface area (Å²) < 4.78 is 5.02. The van der Waals surface area contributed by atoms with Gasteiger partial charge in [0.1, 0.15) is 0 Å². The van der Waals surface area contributed by atoms with Crippen molar-refractivity contribution in [3.05, 3.63) is 0 Å². The number of urea groups is 1. The van der Waals surface area contributed by atoms with E-state index in [-0.39, 0.29) is 6.03 Å². The Morgan fingerprint density at radius 3 is 3.09 bits per heavy atom. The van der Waals surface area contributed by atoms with E-state index in [0.717, 1.165) is 12.1 Å². The largest absolute Gasteiger partial charge is 0.375 e. The molecule has 0 spiro atoms. The van der Waals surface area contributed by atoms with Crippen LogP contribution in [0.25, 0.3) is 0 Å². The molecule has 1 rings (SSSR count). The second-order valence-electron chi connectivity index (χ2n) is 2.17. The summed E-state index contributed by atoms with van der Waals surface area (Å²) in [5, 5.41) is 6.21. The van der Waals surface area contributed by atoms with Gasteiger partial charge in [-0.1, -0.05) is 0 Å². The molecule has 0 aromatic carbocycles. The van der Waals surface area contributed by atoms with Crippen LogP contribution < -0.4 is 10.7 Å². The van der Waals surface area contributed by atoms with Gasteiger partial charge in [0.15, 0.2) is 0 Å². The molecule has 1 saturated heterocycles. The minimum absolute atomic E-state index is 0.301. The molecule has 2 amide bonds. The molecule has 0 aliphatic carbocycles. The molecule has 0 unspecified atom stereocenters. The van der Waals surface area contributed by atoms with Crippen molar-refractivity contribution in [3.63, 3.8) is 0 Å². The molecule has 62 valence electrons. The predicted octanol–water partition coefficient (Wildman–Crippen LogP) is -0.308. The Hall–Kier alpha value is -1.10. The molecule has 0 aromatic heterocycles. The number of hydrogen-bond donors (Lipinski definition) is 2. The highest BCUT2D eigenvalue weighted by Gasteiger charge is 2.08. The smallest absolute Gasteiger partial charge is 0.334 e. The second kappa shape index (κ2) is 3.92. The Morgan fingerprint density at radius 2 is 2.55 bits per heavy atom. The molecule has 1 aliphatic rings. The Labute approximate surface area is 64.8 Å². The van der Waals surface area contributed by atoms with E-state index >= 15 is 0 Å². The van der Waals surface area contributed by atoms with Gasteiger partial charge in [0.05, 0.1) is 18.9 Å². The zero-order chi connectivity index (χ0) is 8.10. The lowest BCUT2D eigenvalue weighted by molar-refractivity contribution is 0.209. The Bertz CT molecular complexity index is 171. The number of hydrazone groups is 1. The van der Waals surface area contributed by atoms with E-state index in [4.69, 9.17) is 4.74 Å². The first kappa shape index (κ1) is 8.00. The van der Waals surface area contributed by atoms with E-state index in [9.17, 15) is 4.79 Å². The number of nitrogens with one attached hydrogen (secondary N) is 2. The third-order valence-corrected chi connectivity index (χ3v) is 1.35. The Balaban J connectivity index is 2.28. The molecule has 5 heteroatoms. The summed E-state index contributed by atoms with van der Waals surface area (Å²) in [5.74, 6) is 0. The molecule has 0 atom stereocenters. The van der Waals surface area contributed by atoms with Crippen LogP contribution in [-0.2, 0) is 4.74 Å². The fraction of sp³-hybridized carbons (Fsp3) is 0.667. The van der Waals surface area contributed by atoms with Crippen LogP contribution in [0.1, 0.15) is 6.42 Å². The molecular formula is C6H11N3O2. The average Bonchev–Trinajstić information content (AvgIpc) is 2.52. The molecule has 1 fully saturated rings. The maximum absolute atomic E-state index is 10.6. The monoisotopic (exact) mass is 157 g/mol. The van der Waals surface area contributed by atoms with Gasteiger partial charge in [-0.3, -0.25) is 0 Å². The minimum atomic E-state index is -0.301. The maximum Gasteiger partial charge on any atom is 0.334 e. The number of rotatable bonds is 1. The summed E-state index contributed by atoms with van der Waals surface area (Å²) in [6.45, 7) is 1.23. The SMILES string of the molecule is CNC(=O)N/N=C1/CCOC1. The summed E-state index contributed by atoms with van der Waals surface area (Å²) in [6.07, 6.45) is 0.810. The molecule has 2 N–H and O–H groups in total. The fourth-order valence-corrected chi connectivity index (χ4v) is 0.726. The van der Waals surface area contributed by atoms with Crippen molar-refractivity contribution in [1.29, 1.82) is 0 Å². The summed E-state index contributed by atoms with van der Waals surface area (Å²) in [5.41, 5.74) is 3.22. The van der Waals surface area contributed by atoms with Crippen LogP contribution >= 0.6 is 0 Å². The van der Waals surface area contributed by atoms with Gasteiger partial charge in [-0.25, -0.2) is 10.2 Å². The lowest BCUT2D eigenvalue weighted by atomic mass is 10.3. The lowest BCUT2D eigenvalue weighted by Crippen LogP contribution is -2.29. The van der Waals surface area contributed by atoms with Crippen LogP contribution in [0.5, 0.6) is 0 Å². The van der Waals surface area contributed by atoms with Crippen molar-refractivity contribution in [1.82, 2.24) is 10.7 Å². The number of amides is 2. The van der Waals surface area contributed by atoms with E-state index in [1.165, 1.54) is 0 Å². The summed E-state index contributed by atoms with van der Waals surface area (Å²) in [6, 6.07) is -0.301. The Morgan fingerprint density at radius 1 is 1.73 bits per heavy atom. The van der Waals surface area contributed by atoms with Gasteiger partial charge in [0.2, 0.25) is 0 Å². The van der Waals surface area contributed by atoms with Gasteiger partial charge in [-0.05, 0) is 0 Å². The first-order valence-electron chi connectivity index (χ1n) is 3.44. The van der Waals surface area contributed by atoms with Crippen molar-refractivity contribution < 1.29 is 9.53 Å². The van der Waals surface area contributed by atoms with Crippen LogP contribution in [0.4, 0.5) is 4.79 Å². The number of carbonyl (C=O) groups excluding carboxylic acids is 1. The number of carbonyl (C=O) groups is 1. The fourth-order valence-electron chi connectivity index (χ4n) is 0.726. The highest BCUT2D eigenvalue weighted by atomic mass is 16.5. The summed E-state index contributed by atoms with van der Waals surface area (Å²) >= 11 is 0. The molecule has 1 aliphatic heterocycles. The van der Waals surface area contributed by atoms with E-state index in [1.54, 1.807) is 7.05 Å². The first-order valence-corrected chi connectivity index (χ1v) is 3.44. The zero-order valence-corrected chi connectivity index (χ0v) is 6.39.